The van der Waals surface area contributed by atoms with Crippen LogP contribution in [0.15, 0.2) is 43.1 Å². The highest BCUT2D eigenvalue weighted by atomic mass is 32.2. The number of para-hydroxylation sites is 1. The molecule has 1 aliphatic heterocycles. The van der Waals surface area contributed by atoms with Gasteiger partial charge in [0.2, 0.25) is 11.8 Å². The van der Waals surface area contributed by atoms with Crippen molar-refractivity contribution in [3.63, 3.8) is 0 Å². The Kier molecular flexibility index (Phi) is 18.6. The lowest BCUT2D eigenvalue weighted by atomic mass is 9.87. The van der Waals surface area contributed by atoms with E-state index in [-0.39, 0.29) is 47.6 Å². The third-order valence-corrected chi connectivity index (χ3v) is 14.7. The number of imidazole rings is 1. The number of anilines is 1. The van der Waals surface area contributed by atoms with Crippen LogP contribution >= 0.6 is 35.2 Å². The van der Waals surface area contributed by atoms with Gasteiger partial charge in [-0.05, 0) is 30.9 Å². The number of aliphatic hydroxyl groups excluding tert-OH is 2. The highest BCUT2D eigenvalue weighted by Gasteiger charge is 2.50. The van der Waals surface area contributed by atoms with E-state index in [0.29, 0.717) is 30.9 Å². The molecule has 4 heterocycles. The Morgan fingerprint density at radius 1 is 1.03 bits per heavy atom. The van der Waals surface area contributed by atoms with E-state index in [1.807, 2.05) is 31.3 Å². The summed E-state index contributed by atoms with van der Waals surface area (Å²) in [7, 11) is -16.4. The number of ketones is 1. The summed E-state index contributed by atoms with van der Waals surface area (Å²) in [5, 5.41) is 27.9. The van der Waals surface area contributed by atoms with Crippen molar-refractivity contribution in [2.75, 3.05) is 43.5 Å². The van der Waals surface area contributed by atoms with Gasteiger partial charge in [-0.25, -0.2) is 28.6 Å². The molecule has 66 heavy (non-hydrogen) atoms. The fraction of sp³-hybridized carbons (Fsp3) is 0.568. The number of nitrogen functional groups attached to an aromatic ring is 1. The number of aromatic nitrogens is 5. The van der Waals surface area contributed by atoms with E-state index in [0.717, 1.165) is 41.0 Å². The molecule has 0 bridgehead atoms. The zero-order valence-electron chi connectivity index (χ0n) is 36.1. The first kappa shape index (κ1) is 53.3. The quantitative estimate of drug-likeness (QED) is 0.0302. The summed E-state index contributed by atoms with van der Waals surface area (Å²) in [6.45, 7) is 2.65. The zero-order valence-corrected chi connectivity index (χ0v) is 39.6. The Morgan fingerprint density at radius 3 is 2.48 bits per heavy atom. The molecule has 0 saturated carbocycles. The number of nitrogens with zero attached hydrogens (tertiary/aromatic N) is 4. The summed E-state index contributed by atoms with van der Waals surface area (Å²) in [4.78, 5) is 92.5. The first-order chi connectivity index (χ1) is 31.0. The second kappa shape index (κ2) is 23.1. The normalized spacial score (nSPS) is 20.7. The predicted octanol–water partition coefficient (Wildman–Crippen LogP) is 2.24. The maximum Gasteiger partial charge on any atom is 0.481 e. The Hall–Kier alpha value is -3.68. The molecule has 0 spiro atoms. The number of carbonyl (C=O) groups is 3. The van der Waals surface area contributed by atoms with E-state index in [2.05, 4.69) is 45.5 Å². The largest absolute Gasteiger partial charge is 0.481 e. The number of rotatable bonds is 27. The van der Waals surface area contributed by atoms with Crippen LogP contribution in [0.3, 0.4) is 0 Å². The van der Waals surface area contributed by atoms with Crippen LogP contribution in [0.4, 0.5) is 5.82 Å². The first-order valence-electron chi connectivity index (χ1n) is 20.5. The topological polar surface area (TPSA) is 379 Å². The average Bonchev–Trinajstić information content (AvgIpc) is 3.95. The lowest BCUT2D eigenvalue weighted by Crippen LogP contribution is -2.46. The van der Waals surface area contributed by atoms with Gasteiger partial charge in [0, 0.05) is 65.9 Å². The minimum Gasteiger partial charge on any atom is -0.386 e. The van der Waals surface area contributed by atoms with Gasteiger partial charge in [0.1, 0.15) is 42.0 Å². The molecule has 8 atom stereocenters. The third kappa shape index (κ3) is 14.9. The number of thioether (sulfide) groups is 1. The van der Waals surface area contributed by atoms with Crippen LogP contribution in [-0.2, 0) is 57.1 Å². The number of benzene rings is 1. The van der Waals surface area contributed by atoms with Crippen LogP contribution in [0.25, 0.3) is 22.1 Å². The van der Waals surface area contributed by atoms with Gasteiger partial charge in [0.05, 0.1) is 19.5 Å². The van der Waals surface area contributed by atoms with Crippen molar-refractivity contribution >= 4 is 80.7 Å². The number of carbonyl (C=O) groups excluding carboxylic acids is 3. The van der Waals surface area contributed by atoms with Gasteiger partial charge in [0.25, 0.3) is 0 Å². The number of nitrogens with two attached hydrogens (primary N) is 1. The second-order valence-electron chi connectivity index (χ2n) is 15.9. The third-order valence-electron chi connectivity index (χ3n) is 10.5. The minimum absolute atomic E-state index is 0.0316. The van der Waals surface area contributed by atoms with Crippen LogP contribution in [-0.4, -0.2) is 134 Å². The number of hydrogen-bond acceptors (Lipinski definition) is 18. The number of ether oxygens (including phenoxy) is 1. The first-order valence-corrected chi connectivity index (χ1v) is 26.2. The lowest BCUT2D eigenvalue weighted by Gasteiger charge is -2.30. The number of amides is 2. The van der Waals surface area contributed by atoms with Gasteiger partial charge in [-0.3, -0.25) is 32.5 Å². The smallest absolute Gasteiger partial charge is 0.386 e. The summed E-state index contributed by atoms with van der Waals surface area (Å²) in [6.07, 6.45) is -2.14. The SMILES string of the molecule is CCC(CSCCNC(=O)CCNC(=O)[C@H](O)C(C)(C)COP(=O)(O)OP(=O)(O)OC[C@H]1O[C@@H](n2cnc3c(N)ncnc32)[C@H](O)[C@@H]1OP(=O)(O)O)C(=O)CCCc1c[nH]c2ccccc12. The van der Waals surface area contributed by atoms with Crippen LogP contribution in [0, 0.1) is 11.3 Å². The number of fused-ring (bicyclic) bond motifs is 2. The summed E-state index contributed by atoms with van der Waals surface area (Å²) in [6, 6.07) is 8.04. The number of hydrogen-bond donors (Lipinski definition) is 10. The van der Waals surface area contributed by atoms with Crippen molar-refractivity contribution in [1.29, 1.82) is 0 Å². The molecule has 1 fully saturated rings. The van der Waals surface area contributed by atoms with Crippen molar-refractivity contribution in [1.82, 2.24) is 35.1 Å². The van der Waals surface area contributed by atoms with Gasteiger partial charge in [0.15, 0.2) is 17.7 Å². The number of aliphatic hydroxyl groups is 2. The molecule has 4 aromatic rings. The molecule has 0 radical (unpaired) electrons. The van der Waals surface area contributed by atoms with E-state index in [1.165, 1.54) is 19.4 Å². The van der Waals surface area contributed by atoms with E-state index >= 15 is 0 Å². The Morgan fingerprint density at radius 2 is 1.76 bits per heavy atom. The lowest BCUT2D eigenvalue weighted by molar-refractivity contribution is -0.137. The molecule has 2 amide bonds. The molecule has 0 aliphatic carbocycles. The number of phosphoric ester groups is 3. The molecule has 1 aliphatic rings. The molecule has 3 unspecified atom stereocenters. The summed E-state index contributed by atoms with van der Waals surface area (Å²) >= 11 is 1.55. The number of aryl methyl sites for hydroxylation is 1. The van der Waals surface area contributed by atoms with Crippen molar-refractivity contribution in [2.24, 2.45) is 11.3 Å². The Bertz CT molecular complexity index is 2450. The van der Waals surface area contributed by atoms with Crippen LogP contribution < -0.4 is 16.4 Å². The maximum atomic E-state index is 12.9. The highest BCUT2D eigenvalue weighted by molar-refractivity contribution is 7.99. The van der Waals surface area contributed by atoms with E-state index in [1.54, 1.807) is 11.8 Å². The number of Topliss-reactive ketones (excluding diaryl/α,β-unsaturated/α-hetero) is 1. The van der Waals surface area contributed by atoms with E-state index in [4.69, 9.17) is 19.5 Å². The van der Waals surface area contributed by atoms with Gasteiger partial charge >= 0.3 is 23.5 Å². The van der Waals surface area contributed by atoms with Crippen molar-refractivity contribution in [2.45, 2.75) is 83.5 Å². The number of nitrogens with one attached hydrogen (secondary N) is 3. The molecule has 3 aromatic heterocycles. The maximum absolute atomic E-state index is 12.9. The van der Waals surface area contributed by atoms with Crippen LogP contribution in [0.2, 0.25) is 0 Å². The minimum atomic E-state index is -5.58. The average molecular weight is 1010 g/mol. The summed E-state index contributed by atoms with van der Waals surface area (Å²) < 4.78 is 62.5. The van der Waals surface area contributed by atoms with Gasteiger partial charge in [-0.2, -0.15) is 16.1 Å². The van der Waals surface area contributed by atoms with Gasteiger partial charge < -0.3 is 55.9 Å². The number of aromatic amines is 1. The van der Waals surface area contributed by atoms with Crippen molar-refractivity contribution in [3.8, 4) is 0 Å². The summed E-state index contributed by atoms with van der Waals surface area (Å²) in [5.41, 5.74) is 6.54. The molecule has 11 N–H and O–H groups in total. The zero-order chi connectivity index (χ0) is 48.5. The van der Waals surface area contributed by atoms with Crippen molar-refractivity contribution < 1.29 is 80.5 Å². The van der Waals surface area contributed by atoms with Gasteiger partial charge in [-0.1, -0.05) is 39.0 Å². The van der Waals surface area contributed by atoms with E-state index < -0.39 is 78.6 Å². The summed E-state index contributed by atoms with van der Waals surface area (Å²) in [5.74, 6) is -0.0742. The molecular weight excluding hydrogens is 953 g/mol. The predicted molar refractivity (Wildman–Crippen MR) is 237 cm³/mol. The van der Waals surface area contributed by atoms with Crippen molar-refractivity contribution in [3.05, 3.63) is 48.7 Å². The second-order valence-corrected chi connectivity index (χ2v) is 21.3. The van der Waals surface area contributed by atoms with Crippen LogP contribution in [0.5, 0.6) is 0 Å². The highest BCUT2D eigenvalue weighted by Crippen LogP contribution is 2.61. The Balaban J connectivity index is 0.988. The fourth-order valence-electron chi connectivity index (χ4n) is 6.86. The standard InChI is InChI=1S/C37H55N8O17P3S/c1-4-22(26(46)11-7-8-23-16-41-25-10-6-5-9-24(23)25)18-66-15-14-39-28(47)12-13-40-35(50)32(49)37(2,3)19-59-65(56,57)62-64(54,55)58-17-27-31(61-63(51,52)53)30(48)36(60-27)45-21-44-29-33(38)42-20-43-34(29)45/h5-6,9-10,16,20-22,27,30-32,36,41,48-49H,4,7-8,11-15,17-19H2,1-3H3,(H,39,47)(H,40,50)(H,54,55)(H,56,57)(H2,38,42,43)(H2,51,52,53)/t22?,27-,30-,31-,32+,36-/m1/s1. The molecule has 25 nitrogen and oxygen atoms in total. The van der Waals surface area contributed by atoms with Gasteiger partial charge in [-0.15, -0.1) is 0 Å². The van der Waals surface area contributed by atoms with E-state index in [9.17, 15) is 57.9 Å². The fourth-order valence-corrected chi connectivity index (χ4v) is 10.8. The molecular formula is C37H55N8O17P3S. The monoisotopic (exact) mass is 1010 g/mol. The Labute approximate surface area is 382 Å². The molecule has 1 aromatic carbocycles. The molecule has 29 heteroatoms. The number of phosphoric acid groups is 3. The number of H-pyrrole nitrogens is 1. The molecule has 5 rings (SSSR count). The van der Waals surface area contributed by atoms with Crippen LogP contribution in [0.1, 0.15) is 58.2 Å². The molecule has 1 saturated heterocycles. The molecule has 366 valence electrons.